The minimum Gasteiger partial charge on any atom is -0.435 e. The van der Waals surface area contributed by atoms with Gasteiger partial charge in [0.1, 0.15) is 5.82 Å². The van der Waals surface area contributed by atoms with Crippen molar-refractivity contribution in [3.8, 4) is 0 Å². The quantitative estimate of drug-likeness (QED) is 0.451. The van der Waals surface area contributed by atoms with Gasteiger partial charge in [0, 0.05) is 12.8 Å². The summed E-state index contributed by atoms with van der Waals surface area (Å²) < 4.78 is 21.9. The van der Waals surface area contributed by atoms with Crippen LogP contribution in [0.25, 0.3) is 0 Å². The second-order valence-electron chi connectivity index (χ2n) is 2.61. The number of esters is 1. The van der Waals surface area contributed by atoms with Crippen LogP contribution in [0.4, 0.5) is 10.1 Å². The Labute approximate surface area is 80.4 Å². The van der Waals surface area contributed by atoms with Gasteiger partial charge in [-0.1, -0.05) is 0 Å². The molecule has 5 heteroatoms. The van der Waals surface area contributed by atoms with Gasteiger partial charge in [-0.15, -0.1) is 0 Å². The number of anilines is 1. The molecule has 0 atom stereocenters. The van der Waals surface area contributed by atoms with Gasteiger partial charge >= 0.3 is 5.97 Å². The number of rotatable bonds is 3. The summed E-state index contributed by atoms with van der Waals surface area (Å²) in [6.45, 7) is -0.171. The topological polar surface area (TPSA) is 61.5 Å². The van der Waals surface area contributed by atoms with E-state index in [2.05, 4.69) is 9.47 Å². The van der Waals surface area contributed by atoms with Crippen molar-refractivity contribution in [1.82, 2.24) is 0 Å². The molecule has 0 aliphatic heterocycles. The number of halogens is 1. The van der Waals surface area contributed by atoms with Crippen molar-refractivity contribution in [2.75, 3.05) is 19.6 Å². The Balaban J connectivity index is 2.79. The predicted molar refractivity (Wildman–Crippen MR) is 48.1 cm³/mol. The molecular formula is C9H10FNO3. The summed E-state index contributed by atoms with van der Waals surface area (Å²) in [7, 11) is 1.38. The Hall–Kier alpha value is -1.62. The Bertz CT molecular complexity index is 321. The van der Waals surface area contributed by atoms with E-state index in [0.717, 1.165) is 12.1 Å². The maximum Gasteiger partial charge on any atom is 0.340 e. The molecule has 0 unspecified atom stereocenters. The number of nitrogens with two attached hydrogens (primary N) is 1. The first-order chi connectivity index (χ1) is 6.63. The molecule has 0 saturated carbocycles. The van der Waals surface area contributed by atoms with E-state index in [1.807, 2.05) is 0 Å². The lowest BCUT2D eigenvalue weighted by molar-refractivity contribution is -0.0125. The molecule has 14 heavy (non-hydrogen) atoms. The van der Waals surface area contributed by atoms with Crippen LogP contribution in [0, 0.1) is 5.82 Å². The number of benzene rings is 1. The molecule has 1 aromatic carbocycles. The molecule has 0 fully saturated rings. The monoisotopic (exact) mass is 199 g/mol. The minimum absolute atomic E-state index is 0.0690. The summed E-state index contributed by atoms with van der Waals surface area (Å²) in [5.74, 6) is -1.24. The van der Waals surface area contributed by atoms with Crippen LogP contribution >= 0.6 is 0 Å². The first-order valence-electron chi connectivity index (χ1n) is 3.85. The molecule has 0 aromatic heterocycles. The van der Waals surface area contributed by atoms with Gasteiger partial charge in [-0.3, -0.25) is 0 Å². The second-order valence-corrected chi connectivity index (χ2v) is 2.61. The molecule has 0 heterocycles. The Morgan fingerprint density at radius 3 is 2.79 bits per heavy atom. The molecule has 0 amide bonds. The number of hydrogen-bond donors (Lipinski definition) is 1. The normalized spacial score (nSPS) is 9.86. The number of nitrogen functional groups attached to an aromatic ring is 1. The maximum absolute atomic E-state index is 12.8. The van der Waals surface area contributed by atoms with Crippen LogP contribution in [0.5, 0.6) is 0 Å². The zero-order valence-electron chi connectivity index (χ0n) is 7.62. The highest BCUT2D eigenvalue weighted by Crippen LogP contribution is 2.11. The van der Waals surface area contributed by atoms with Crippen molar-refractivity contribution in [2.24, 2.45) is 0 Å². The van der Waals surface area contributed by atoms with Crippen LogP contribution in [0.1, 0.15) is 10.4 Å². The van der Waals surface area contributed by atoms with Crippen LogP contribution in [0.15, 0.2) is 18.2 Å². The van der Waals surface area contributed by atoms with Crippen molar-refractivity contribution in [2.45, 2.75) is 0 Å². The van der Waals surface area contributed by atoms with Crippen molar-refractivity contribution >= 4 is 11.7 Å². The predicted octanol–water partition coefficient (Wildman–Crippen LogP) is 1.17. The van der Waals surface area contributed by atoms with E-state index >= 15 is 0 Å². The number of ether oxygens (including phenoxy) is 2. The summed E-state index contributed by atoms with van der Waals surface area (Å²) in [6.07, 6.45) is 0. The molecular weight excluding hydrogens is 189 g/mol. The lowest BCUT2D eigenvalue weighted by atomic mass is 10.2. The van der Waals surface area contributed by atoms with E-state index in [1.54, 1.807) is 0 Å². The van der Waals surface area contributed by atoms with Gasteiger partial charge in [0.05, 0.1) is 5.56 Å². The third-order valence-corrected chi connectivity index (χ3v) is 1.46. The summed E-state index contributed by atoms with van der Waals surface area (Å²) in [4.78, 5) is 11.2. The van der Waals surface area contributed by atoms with Crippen molar-refractivity contribution in [1.29, 1.82) is 0 Å². The van der Waals surface area contributed by atoms with Gasteiger partial charge in [0.15, 0.2) is 6.79 Å². The summed E-state index contributed by atoms with van der Waals surface area (Å²) >= 11 is 0. The van der Waals surface area contributed by atoms with Crippen LogP contribution in [0.2, 0.25) is 0 Å². The average molecular weight is 199 g/mol. The average Bonchev–Trinajstić information content (AvgIpc) is 2.12. The van der Waals surface area contributed by atoms with Gasteiger partial charge in [0.25, 0.3) is 0 Å². The fourth-order valence-electron chi connectivity index (χ4n) is 0.926. The van der Waals surface area contributed by atoms with E-state index in [1.165, 1.54) is 13.2 Å². The molecule has 1 rings (SSSR count). The summed E-state index contributed by atoms with van der Waals surface area (Å²) in [5.41, 5.74) is 5.59. The lowest BCUT2D eigenvalue weighted by Crippen LogP contribution is -2.08. The van der Waals surface area contributed by atoms with E-state index in [0.29, 0.717) is 0 Å². The molecule has 0 radical (unpaired) electrons. The van der Waals surface area contributed by atoms with Crippen LogP contribution < -0.4 is 5.73 Å². The number of methoxy groups -OCH3 is 1. The third kappa shape index (κ3) is 2.70. The molecule has 0 aliphatic carbocycles. The highest BCUT2D eigenvalue weighted by atomic mass is 19.1. The SMILES string of the molecule is COCOC(=O)c1cc(N)cc(F)c1. The van der Waals surface area contributed by atoms with Gasteiger partial charge in [0.2, 0.25) is 0 Å². The highest BCUT2D eigenvalue weighted by Gasteiger charge is 2.08. The summed E-state index contributed by atoms with van der Waals surface area (Å²) in [6, 6.07) is 3.50. The van der Waals surface area contributed by atoms with Crippen molar-refractivity contribution in [3.05, 3.63) is 29.6 Å². The van der Waals surface area contributed by atoms with Gasteiger partial charge in [-0.25, -0.2) is 9.18 Å². The van der Waals surface area contributed by atoms with Gasteiger partial charge < -0.3 is 15.2 Å². The number of carbonyl (C=O) groups is 1. The fourth-order valence-corrected chi connectivity index (χ4v) is 0.926. The van der Waals surface area contributed by atoms with Gasteiger partial charge in [-0.2, -0.15) is 0 Å². The molecule has 2 N–H and O–H groups in total. The number of hydrogen-bond acceptors (Lipinski definition) is 4. The van der Waals surface area contributed by atoms with E-state index < -0.39 is 11.8 Å². The Morgan fingerprint density at radius 2 is 2.21 bits per heavy atom. The standard InChI is InChI=1S/C9H10FNO3/c1-13-5-14-9(12)6-2-7(10)4-8(11)3-6/h2-4H,5,11H2,1H3. The minimum atomic E-state index is -0.668. The molecule has 1 aromatic rings. The molecule has 4 nitrogen and oxygen atoms in total. The third-order valence-electron chi connectivity index (χ3n) is 1.46. The first kappa shape index (κ1) is 10.5. The molecule has 0 aliphatic rings. The largest absolute Gasteiger partial charge is 0.435 e. The Morgan fingerprint density at radius 1 is 1.50 bits per heavy atom. The van der Waals surface area contributed by atoms with Crippen LogP contribution in [-0.2, 0) is 9.47 Å². The first-order valence-corrected chi connectivity index (χ1v) is 3.85. The molecule has 0 saturated heterocycles. The molecule has 0 spiro atoms. The van der Waals surface area contributed by atoms with Crippen LogP contribution in [0.3, 0.4) is 0 Å². The molecule has 0 bridgehead atoms. The number of carbonyl (C=O) groups excluding carboxylic acids is 1. The fraction of sp³-hybridized carbons (Fsp3) is 0.222. The lowest BCUT2D eigenvalue weighted by Gasteiger charge is -2.03. The highest BCUT2D eigenvalue weighted by molar-refractivity contribution is 5.90. The Kier molecular flexibility index (Phi) is 3.41. The summed E-state index contributed by atoms with van der Waals surface area (Å²) in [5, 5.41) is 0. The van der Waals surface area contributed by atoms with Crippen molar-refractivity contribution in [3.63, 3.8) is 0 Å². The van der Waals surface area contributed by atoms with Gasteiger partial charge in [-0.05, 0) is 18.2 Å². The zero-order chi connectivity index (χ0) is 10.6. The zero-order valence-corrected chi connectivity index (χ0v) is 7.62. The molecule has 76 valence electrons. The van der Waals surface area contributed by atoms with E-state index in [4.69, 9.17) is 5.73 Å². The van der Waals surface area contributed by atoms with E-state index in [9.17, 15) is 9.18 Å². The van der Waals surface area contributed by atoms with Crippen LogP contribution in [-0.4, -0.2) is 19.9 Å². The maximum atomic E-state index is 12.8. The van der Waals surface area contributed by atoms with E-state index in [-0.39, 0.29) is 18.0 Å². The second kappa shape index (κ2) is 4.57. The smallest absolute Gasteiger partial charge is 0.340 e. The van der Waals surface area contributed by atoms with Crippen molar-refractivity contribution < 1.29 is 18.7 Å².